The second kappa shape index (κ2) is 6.20. The van der Waals surface area contributed by atoms with Crippen molar-refractivity contribution >= 4 is 5.91 Å². The summed E-state index contributed by atoms with van der Waals surface area (Å²) >= 11 is 0. The fraction of sp³-hybridized carbons (Fsp3) is 0.929. The van der Waals surface area contributed by atoms with Gasteiger partial charge in [-0.1, -0.05) is 6.42 Å². The maximum absolute atomic E-state index is 11.6. The van der Waals surface area contributed by atoms with Gasteiger partial charge >= 0.3 is 0 Å². The summed E-state index contributed by atoms with van der Waals surface area (Å²) in [7, 11) is 1.74. The Balaban J connectivity index is 1.84. The Kier molecular flexibility index (Phi) is 4.81. The number of hydrogen-bond donors (Lipinski definition) is 2. The van der Waals surface area contributed by atoms with Crippen LogP contribution in [0.15, 0.2) is 0 Å². The van der Waals surface area contributed by atoms with E-state index in [-0.39, 0.29) is 11.8 Å². The zero-order chi connectivity index (χ0) is 13.9. The first-order valence-electron chi connectivity index (χ1n) is 7.39. The number of rotatable bonds is 8. The average molecular weight is 269 g/mol. The van der Waals surface area contributed by atoms with E-state index in [0.29, 0.717) is 0 Å². The van der Waals surface area contributed by atoms with Crippen LogP contribution in [0.4, 0.5) is 0 Å². The van der Waals surface area contributed by atoms with Crippen molar-refractivity contribution < 1.29 is 9.53 Å². The molecule has 2 rings (SSSR count). The van der Waals surface area contributed by atoms with Crippen molar-refractivity contribution in [1.82, 2.24) is 4.90 Å². The molecule has 2 aliphatic carbocycles. The highest BCUT2D eigenvalue weighted by molar-refractivity contribution is 5.85. The molecule has 2 fully saturated rings. The van der Waals surface area contributed by atoms with E-state index in [1.807, 2.05) is 0 Å². The molecule has 0 aliphatic heterocycles. The summed E-state index contributed by atoms with van der Waals surface area (Å²) in [6.45, 7) is 2.75. The normalized spacial score (nSPS) is 31.0. The second-order valence-corrected chi connectivity index (χ2v) is 6.04. The first kappa shape index (κ1) is 14.8. The molecule has 4 N–H and O–H groups in total. The lowest BCUT2D eigenvalue weighted by Gasteiger charge is -2.30. The first-order chi connectivity index (χ1) is 9.08. The van der Waals surface area contributed by atoms with Crippen LogP contribution in [0, 0.1) is 5.92 Å². The van der Waals surface area contributed by atoms with Crippen LogP contribution in [-0.4, -0.2) is 49.2 Å². The minimum absolute atomic E-state index is 0.244. The monoisotopic (exact) mass is 269 g/mol. The third-order valence-corrected chi connectivity index (χ3v) is 4.74. The molecule has 5 heteroatoms. The van der Waals surface area contributed by atoms with E-state index in [9.17, 15) is 4.79 Å². The maximum atomic E-state index is 11.6. The van der Waals surface area contributed by atoms with E-state index in [1.54, 1.807) is 7.11 Å². The molecule has 110 valence electrons. The van der Waals surface area contributed by atoms with Crippen LogP contribution in [0.25, 0.3) is 0 Å². The molecule has 0 aromatic rings. The van der Waals surface area contributed by atoms with Gasteiger partial charge in [-0.15, -0.1) is 0 Å². The summed E-state index contributed by atoms with van der Waals surface area (Å²) in [5.41, 5.74) is 10.9. The van der Waals surface area contributed by atoms with Gasteiger partial charge in [0.1, 0.15) is 0 Å². The number of methoxy groups -OCH3 is 1. The number of amides is 1. The van der Waals surface area contributed by atoms with Crippen LogP contribution in [-0.2, 0) is 9.53 Å². The predicted molar refractivity (Wildman–Crippen MR) is 74.5 cm³/mol. The first-order valence-corrected chi connectivity index (χ1v) is 7.39. The van der Waals surface area contributed by atoms with Gasteiger partial charge in [0, 0.05) is 19.7 Å². The van der Waals surface area contributed by atoms with Gasteiger partial charge < -0.3 is 16.2 Å². The summed E-state index contributed by atoms with van der Waals surface area (Å²) in [6, 6.07) is 0.720. The molecule has 0 bridgehead atoms. The van der Waals surface area contributed by atoms with E-state index in [1.165, 1.54) is 12.8 Å². The molecular formula is C14H27N3O2. The number of carbonyl (C=O) groups excluding carboxylic acids is 1. The fourth-order valence-electron chi connectivity index (χ4n) is 3.28. The minimum atomic E-state index is -0.767. The van der Waals surface area contributed by atoms with Gasteiger partial charge in [-0.25, -0.2) is 0 Å². The molecule has 0 heterocycles. The molecule has 0 saturated heterocycles. The highest BCUT2D eigenvalue weighted by Gasteiger charge is 2.44. The number of carbonyl (C=O) groups is 1. The zero-order valence-corrected chi connectivity index (χ0v) is 11.9. The molecule has 0 aromatic heterocycles. The summed E-state index contributed by atoms with van der Waals surface area (Å²) in [4.78, 5) is 14.0. The predicted octanol–water partition coefficient (Wildman–Crippen LogP) is 0.470. The summed E-state index contributed by atoms with van der Waals surface area (Å²) in [5.74, 6) is -0.0846. The minimum Gasteiger partial charge on any atom is -0.383 e. The smallest absolute Gasteiger partial charge is 0.237 e. The average Bonchev–Trinajstić information content (AvgIpc) is 3.14. The topological polar surface area (TPSA) is 81.6 Å². The van der Waals surface area contributed by atoms with Crippen molar-refractivity contribution in [2.75, 3.05) is 26.8 Å². The van der Waals surface area contributed by atoms with Crippen molar-refractivity contribution in [2.45, 2.75) is 50.1 Å². The highest BCUT2D eigenvalue weighted by atomic mass is 16.5. The molecule has 2 aliphatic rings. The number of ether oxygens (including phenoxy) is 1. The third kappa shape index (κ3) is 3.46. The number of hydrogen-bond acceptors (Lipinski definition) is 4. The quantitative estimate of drug-likeness (QED) is 0.671. The lowest BCUT2D eigenvalue weighted by molar-refractivity contribution is -0.124. The summed E-state index contributed by atoms with van der Waals surface area (Å²) < 4.78 is 5.16. The van der Waals surface area contributed by atoms with E-state index in [2.05, 4.69) is 4.90 Å². The van der Waals surface area contributed by atoms with E-state index in [4.69, 9.17) is 16.2 Å². The Bertz CT molecular complexity index is 320. The molecule has 0 radical (unpaired) electrons. The van der Waals surface area contributed by atoms with Crippen molar-refractivity contribution in [2.24, 2.45) is 17.4 Å². The van der Waals surface area contributed by atoms with Crippen molar-refractivity contribution in [1.29, 1.82) is 0 Å². The summed E-state index contributed by atoms with van der Waals surface area (Å²) in [5, 5.41) is 0. The van der Waals surface area contributed by atoms with Gasteiger partial charge in [-0.2, -0.15) is 0 Å². The zero-order valence-electron chi connectivity index (χ0n) is 11.9. The van der Waals surface area contributed by atoms with Gasteiger partial charge in [0.2, 0.25) is 5.91 Å². The Morgan fingerprint density at radius 3 is 2.68 bits per heavy atom. The lowest BCUT2D eigenvalue weighted by Crippen LogP contribution is -2.55. The van der Waals surface area contributed by atoms with Crippen LogP contribution in [0.1, 0.15) is 38.5 Å². The number of nitrogens with zero attached hydrogens (tertiary/aromatic N) is 1. The van der Waals surface area contributed by atoms with Gasteiger partial charge in [0.25, 0.3) is 0 Å². The molecule has 2 atom stereocenters. The number of primary amides is 1. The Hall–Kier alpha value is -0.650. The molecule has 19 heavy (non-hydrogen) atoms. The van der Waals surface area contributed by atoms with Gasteiger partial charge in [0.05, 0.1) is 12.1 Å². The molecule has 2 unspecified atom stereocenters. The van der Waals surface area contributed by atoms with E-state index >= 15 is 0 Å². The standard InChI is InChI=1S/C14H27N3O2/c1-19-10-9-17(12-4-5-12)8-6-11-3-2-7-14(11,16)13(15)18/h11-12H,2-10,16H2,1H3,(H2,15,18). The van der Waals surface area contributed by atoms with Gasteiger partial charge in [0.15, 0.2) is 0 Å². The molecule has 2 saturated carbocycles. The largest absolute Gasteiger partial charge is 0.383 e. The van der Waals surface area contributed by atoms with Crippen LogP contribution >= 0.6 is 0 Å². The van der Waals surface area contributed by atoms with Crippen LogP contribution < -0.4 is 11.5 Å². The Labute approximate surface area is 115 Å². The molecule has 0 spiro atoms. The van der Waals surface area contributed by atoms with Crippen LogP contribution in [0.3, 0.4) is 0 Å². The molecule has 1 amide bonds. The van der Waals surface area contributed by atoms with Gasteiger partial charge in [-0.3, -0.25) is 9.69 Å². The third-order valence-electron chi connectivity index (χ3n) is 4.74. The van der Waals surface area contributed by atoms with Crippen molar-refractivity contribution in [3.05, 3.63) is 0 Å². The van der Waals surface area contributed by atoms with E-state index < -0.39 is 5.54 Å². The van der Waals surface area contributed by atoms with Crippen molar-refractivity contribution in [3.8, 4) is 0 Å². The maximum Gasteiger partial charge on any atom is 0.237 e. The number of nitrogens with two attached hydrogens (primary N) is 2. The van der Waals surface area contributed by atoms with Gasteiger partial charge in [-0.05, 0) is 44.6 Å². The molecular weight excluding hydrogens is 242 g/mol. The highest BCUT2D eigenvalue weighted by Crippen LogP contribution is 2.37. The van der Waals surface area contributed by atoms with Crippen LogP contribution in [0.2, 0.25) is 0 Å². The second-order valence-electron chi connectivity index (χ2n) is 6.04. The van der Waals surface area contributed by atoms with E-state index in [0.717, 1.165) is 51.4 Å². The molecule has 5 nitrogen and oxygen atoms in total. The Morgan fingerprint density at radius 2 is 2.11 bits per heavy atom. The summed E-state index contributed by atoms with van der Waals surface area (Å²) in [6.07, 6.45) is 6.35. The molecule has 0 aromatic carbocycles. The fourth-order valence-corrected chi connectivity index (χ4v) is 3.28. The van der Waals surface area contributed by atoms with Crippen molar-refractivity contribution in [3.63, 3.8) is 0 Å². The Morgan fingerprint density at radius 1 is 1.37 bits per heavy atom. The lowest BCUT2D eigenvalue weighted by atomic mass is 9.85. The SMILES string of the molecule is COCCN(CCC1CCCC1(N)C(N)=O)C1CC1. The van der Waals surface area contributed by atoms with Crippen LogP contribution in [0.5, 0.6) is 0 Å².